The Labute approximate surface area is 95.6 Å². The first-order valence-electron chi connectivity index (χ1n) is 5.52. The molecule has 2 rings (SSSR count). The van der Waals surface area contributed by atoms with Crippen LogP contribution in [0.1, 0.15) is 19.4 Å². The molecule has 0 spiro atoms. The van der Waals surface area contributed by atoms with Gasteiger partial charge in [0.15, 0.2) is 0 Å². The van der Waals surface area contributed by atoms with Crippen LogP contribution >= 0.6 is 0 Å². The van der Waals surface area contributed by atoms with Crippen molar-refractivity contribution in [3.63, 3.8) is 0 Å². The molecule has 0 amide bonds. The van der Waals surface area contributed by atoms with Crippen molar-refractivity contribution in [2.45, 2.75) is 20.0 Å². The summed E-state index contributed by atoms with van der Waals surface area (Å²) >= 11 is 0. The Morgan fingerprint density at radius 3 is 2.56 bits per heavy atom. The van der Waals surface area contributed by atoms with Crippen LogP contribution in [0.3, 0.4) is 0 Å². The fourth-order valence-corrected chi connectivity index (χ4v) is 1.94. The smallest absolute Gasteiger partial charge is 0.115 e. The van der Waals surface area contributed by atoms with Gasteiger partial charge in [-0.15, -0.1) is 0 Å². The SMILES string of the molecule is CC(C)[C@@H](O)C1C=CC=C1c1cncnc1. The van der Waals surface area contributed by atoms with Gasteiger partial charge in [-0.2, -0.15) is 0 Å². The van der Waals surface area contributed by atoms with E-state index in [2.05, 4.69) is 9.97 Å². The molecule has 1 aliphatic carbocycles. The molecule has 1 unspecified atom stereocenters. The van der Waals surface area contributed by atoms with Crippen LogP contribution in [0.4, 0.5) is 0 Å². The first kappa shape index (κ1) is 11.0. The van der Waals surface area contributed by atoms with Gasteiger partial charge in [0.1, 0.15) is 6.33 Å². The van der Waals surface area contributed by atoms with Crippen molar-refractivity contribution in [3.8, 4) is 0 Å². The lowest BCUT2D eigenvalue weighted by molar-refractivity contribution is 0.105. The predicted molar refractivity (Wildman–Crippen MR) is 63.5 cm³/mol. The van der Waals surface area contributed by atoms with Gasteiger partial charge in [-0.05, 0) is 11.5 Å². The minimum absolute atomic E-state index is 0.0611. The molecule has 2 atom stereocenters. The van der Waals surface area contributed by atoms with Crippen LogP contribution in [-0.2, 0) is 0 Å². The van der Waals surface area contributed by atoms with Crippen molar-refractivity contribution in [1.82, 2.24) is 9.97 Å². The van der Waals surface area contributed by atoms with E-state index >= 15 is 0 Å². The van der Waals surface area contributed by atoms with E-state index in [4.69, 9.17) is 0 Å². The van der Waals surface area contributed by atoms with Gasteiger partial charge < -0.3 is 5.11 Å². The van der Waals surface area contributed by atoms with Crippen LogP contribution in [0.5, 0.6) is 0 Å². The van der Waals surface area contributed by atoms with Crippen LogP contribution < -0.4 is 0 Å². The number of hydrogen-bond donors (Lipinski definition) is 1. The quantitative estimate of drug-likeness (QED) is 0.841. The zero-order valence-electron chi connectivity index (χ0n) is 9.54. The summed E-state index contributed by atoms with van der Waals surface area (Å²) in [7, 11) is 0. The Hall–Kier alpha value is -1.48. The van der Waals surface area contributed by atoms with Crippen molar-refractivity contribution in [2.24, 2.45) is 11.8 Å². The summed E-state index contributed by atoms with van der Waals surface area (Å²) in [6.45, 7) is 4.05. The molecule has 16 heavy (non-hydrogen) atoms. The van der Waals surface area contributed by atoms with E-state index in [9.17, 15) is 5.11 Å². The second kappa shape index (κ2) is 4.58. The summed E-state index contributed by atoms with van der Waals surface area (Å²) in [6.07, 6.45) is 10.8. The molecule has 1 aromatic heterocycles. The molecule has 1 aromatic rings. The summed E-state index contributed by atoms with van der Waals surface area (Å²) in [5, 5.41) is 10.1. The van der Waals surface area contributed by atoms with E-state index < -0.39 is 0 Å². The van der Waals surface area contributed by atoms with Crippen LogP contribution in [0.25, 0.3) is 5.57 Å². The van der Waals surface area contributed by atoms with Gasteiger partial charge in [-0.25, -0.2) is 9.97 Å². The maximum absolute atomic E-state index is 10.1. The molecule has 1 N–H and O–H groups in total. The third-order valence-electron chi connectivity index (χ3n) is 2.90. The molecule has 0 saturated heterocycles. The Morgan fingerprint density at radius 1 is 1.25 bits per heavy atom. The zero-order valence-corrected chi connectivity index (χ0v) is 9.54. The van der Waals surface area contributed by atoms with Crippen molar-refractivity contribution in [3.05, 3.63) is 42.5 Å². The first-order valence-corrected chi connectivity index (χ1v) is 5.52. The third-order valence-corrected chi connectivity index (χ3v) is 2.90. The Kier molecular flexibility index (Phi) is 3.15. The second-order valence-corrected chi connectivity index (χ2v) is 4.39. The number of nitrogens with zero attached hydrogens (tertiary/aromatic N) is 2. The normalized spacial score (nSPS) is 21.2. The summed E-state index contributed by atoms with van der Waals surface area (Å²) in [6, 6.07) is 0. The Balaban J connectivity index is 2.24. The molecule has 1 aliphatic rings. The molecule has 0 aromatic carbocycles. The van der Waals surface area contributed by atoms with Crippen LogP contribution in [0, 0.1) is 11.8 Å². The maximum Gasteiger partial charge on any atom is 0.115 e. The minimum atomic E-state index is -0.356. The largest absolute Gasteiger partial charge is 0.392 e. The Bertz CT molecular complexity index is 409. The number of aliphatic hydroxyl groups excluding tert-OH is 1. The van der Waals surface area contributed by atoms with Crippen molar-refractivity contribution in [2.75, 3.05) is 0 Å². The first-order chi connectivity index (χ1) is 7.70. The minimum Gasteiger partial charge on any atom is -0.392 e. The van der Waals surface area contributed by atoms with Crippen LogP contribution in [0.15, 0.2) is 36.9 Å². The van der Waals surface area contributed by atoms with Crippen molar-refractivity contribution in [1.29, 1.82) is 0 Å². The summed E-state index contributed by atoms with van der Waals surface area (Å²) in [5.74, 6) is 0.298. The van der Waals surface area contributed by atoms with E-state index in [1.54, 1.807) is 12.4 Å². The van der Waals surface area contributed by atoms with Gasteiger partial charge in [0.05, 0.1) is 6.10 Å². The van der Waals surface area contributed by atoms with Gasteiger partial charge in [0, 0.05) is 23.9 Å². The van der Waals surface area contributed by atoms with Gasteiger partial charge in [-0.1, -0.05) is 32.1 Å². The van der Waals surface area contributed by atoms with E-state index in [1.807, 2.05) is 32.1 Å². The second-order valence-electron chi connectivity index (χ2n) is 4.39. The number of aliphatic hydroxyl groups is 1. The monoisotopic (exact) mass is 216 g/mol. The molecular formula is C13H16N2O. The van der Waals surface area contributed by atoms with Gasteiger partial charge in [0.2, 0.25) is 0 Å². The predicted octanol–water partition coefficient (Wildman–Crippen LogP) is 2.06. The van der Waals surface area contributed by atoms with Crippen LogP contribution in [-0.4, -0.2) is 21.2 Å². The van der Waals surface area contributed by atoms with Crippen molar-refractivity contribution >= 4 is 5.57 Å². The zero-order chi connectivity index (χ0) is 11.5. The lowest BCUT2D eigenvalue weighted by atomic mass is 9.87. The van der Waals surface area contributed by atoms with Gasteiger partial charge in [-0.3, -0.25) is 0 Å². The number of allylic oxidation sites excluding steroid dienone is 2. The summed E-state index contributed by atoms with van der Waals surface area (Å²) in [4.78, 5) is 8.01. The fourth-order valence-electron chi connectivity index (χ4n) is 1.94. The van der Waals surface area contributed by atoms with Gasteiger partial charge in [0.25, 0.3) is 0 Å². The average Bonchev–Trinajstić information content (AvgIpc) is 2.77. The Morgan fingerprint density at radius 2 is 1.94 bits per heavy atom. The lowest BCUT2D eigenvalue weighted by Crippen LogP contribution is -2.24. The molecular weight excluding hydrogens is 200 g/mol. The lowest BCUT2D eigenvalue weighted by Gasteiger charge is -2.23. The molecule has 0 radical (unpaired) electrons. The fraction of sp³-hybridized carbons (Fsp3) is 0.385. The highest BCUT2D eigenvalue weighted by atomic mass is 16.3. The van der Waals surface area contributed by atoms with Gasteiger partial charge >= 0.3 is 0 Å². The summed E-state index contributed by atoms with van der Waals surface area (Å²) in [5.41, 5.74) is 2.08. The molecule has 0 bridgehead atoms. The third kappa shape index (κ3) is 2.04. The maximum atomic E-state index is 10.1. The van der Waals surface area contributed by atoms with E-state index in [1.165, 1.54) is 6.33 Å². The molecule has 84 valence electrons. The highest BCUT2D eigenvalue weighted by Crippen LogP contribution is 2.33. The molecule has 0 saturated carbocycles. The molecule has 0 fully saturated rings. The highest BCUT2D eigenvalue weighted by Gasteiger charge is 2.26. The summed E-state index contributed by atoms with van der Waals surface area (Å²) < 4.78 is 0. The highest BCUT2D eigenvalue weighted by molar-refractivity contribution is 5.72. The van der Waals surface area contributed by atoms with Crippen LogP contribution in [0.2, 0.25) is 0 Å². The number of hydrogen-bond acceptors (Lipinski definition) is 3. The molecule has 1 heterocycles. The van der Waals surface area contributed by atoms with E-state index in [0.29, 0.717) is 0 Å². The molecule has 3 nitrogen and oxygen atoms in total. The average molecular weight is 216 g/mol. The molecule has 0 aliphatic heterocycles. The number of aromatic nitrogens is 2. The van der Waals surface area contributed by atoms with E-state index in [-0.39, 0.29) is 17.9 Å². The standard InChI is InChI=1S/C13H16N2O/c1-9(2)13(16)12-5-3-4-11(12)10-6-14-8-15-7-10/h3-9,12-13,16H,1-2H3/t12?,13-/m1/s1. The van der Waals surface area contributed by atoms with E-state index in [0.717, 1.165) is 11.1 Å². The number of rotatable bonds is 3. The molecule has 3 heteroatoms. The van der Waals surface area contributed by atoms with Crippen molar-refractivity contribution < 1.29 is 5.11 Å². The topological polar surface area (TPSA) is 46.0 Å².